The minimum atomic E-state index is -3.65. The first-order valence-corrected chi connectivity index (χ1v) is 11.1. The van der Waals surface area contributed by atoms with Crippen molar-refractivity contribution in [2.75, 3.05) is 22.7 Å². The summed E-state index contributed by atoms with van der Waals surface area (Å²) in [6.45, 7) is 7.74. The predicted octanol–water partition coefficient (Wildman–Crippen LogP) is 3.61. The van der Waals surface area contributed by atoms with Crippen LogP contribution in [0, 0.1) is 13.8 Å². The Bertz CT molecular complexity index is 1030. The minimum Gasteiger partial charge on any atom is -0.370 e. The van der Waals surface area contributed by atoms with E-state index in [0.29, 0.717) is 18.1 Å². The largest absolute Gasteiger partial charge is 0.370 e. The fraction of sp³-hybridized carbons (Fsp3) is 0.333. The van der Waals surface area contributed by atoms with Crippen LogP contribution in [0.15, 0.2) is 59.6 Å². The van der Waals surface area contributed by atoms with Crippen molar-refractivity contribution in [3.05, 3.63) is 66.1 Å². The van der Waals surface area contributed by atoms with Crippen molar-refractivity contribution in [3.8, 4) is 0 Å². The van der Waals surface area contributed by atoms with Gasteiger partial charge in [-0.25, -0.2) is 13.4 Å². The van der Waals surface area contributed by atoms with Gasteiger partial charge in [-0.3, -0.25) is 8.99 Å². The van der Waals surface area contributed by atoms with E-state index in [4.69, 9.17) is 0 Å². The van der Waals surface area contributed by atoms with Crippen molar-refractivity contribution < 1.29 is 8.42 Å². The molecule has 2 aromatic heterocycles. The number of aryl methyl sites for hydroxylation is 3. The van der Waals surface area contributed by atoms with E-state index >= 15 is 0 Å². The van der Waals surface area contributed by atoms with Crippen LogP contribution in [0.1, 0.15) is 24.7 Å². The Balaban J connectivity index is 1.61. The first kappa shape index (κ1) is 20.9. The average Bonchev–Trinajstić information content (AvgIpc) is 3.04. The van der Waals surface area contributed by atoms with Gasteiger partial charge < -0.3 is 5.32 Å². The van der Waals surface area contributed by atoms with Gasteiger partial charge in [0.05, 0.1) is 11.4 Å². The van der Waals surface area contributed by atoms with E-state index in [2.05, 4.69) is 21.5 Å². The van der Waals surface area contributed by atoms with Crippen LogP contribution in [0.4, 0.5) is 11.5 Å². The number of pyridine rings is 1. The van der Waals surface area contributed by atoms with Crippen LogP contribution in [0.2, 0.25) is 0 Å². The highest BCUT2D eigenvalue weighted by Crippen LogP contribution is 2.23. The topological polar surface area (TPSA) is 80.1 Å². The molecule has 0 aliphatic heterocycles. The number of rotatable bonds is 9. The summed E-state index contributed by atoms with van der Waals surface area (Å²) in [4.78, 5) is 4.46. The highest BCUT2D eigenvalue weighted by atomic mass is 32.2. The van der Waals surface area contributed by atoms with Crippen molar-refractivity contribution in [1.82, 2.24) is 14.8 Å². The molecule has 1 N–H and O–H groups in total. The van der Waals surface area contributed by atoms with Gasteiger partial charge in [-0.2, -0.15) is 5.10 Å². The first-order valence-electron chi connectivity index (χ1n) is 9.70. The van der Waals surface area contributed by atoms with Crippen LogP contribution in [0.25, 0.3) is 0 Å². The maximum Gasteiger partial charge on any atom is 0.265 e. The van der Waals surface area contributed by atoms with Gasteiger partial charge in [-0.05, 0) is 57.5 Å². The lowest BCUT2D eigenvalue weighted by atomic mass is 10.3. The number of sulfonamides is 1. The van der Waals surface area contributed by atoms with Crippen molar-refractivity contribution in [3.63, 3.8) is 0 Å². The Morgan fingerprint density at radius 3 is 2.45 bits per heavy atom. The number of nitrogens with one attached hydrogen (secondary N) is 1. The van der Waals surface area contributed by atoms with Gasteiger partial charge >= 0.3 is 0 Å². The molecule has 2 heterocycles. The number of hydrogen-bond acceptors (Lipinski definition) is 5. The summed E-state index contributed by atoms with van der Waals surface area (Å²) in [7, 11) is -3.65. The summed E-state index contributed by atoms with van der Waals surface area (Å²) >= 11 is 0. The van der Waals surface area contributed by atoms with E-state index in [1.54, 1.807) is 24.3 Å². The Kier molecular flexibility index (Phi) is 6.53. The predicted molar refractivity (Wildman–Crippen MR) is 116 cm³/mol. The van der Waals surface area contributed by atoms with Crippen LogP contribution >= 0.6 is 0 Å². The van der Waals surface area contributed by atoms with E-state index in [9.17, 15) is 8.42 Å². The third kappa shape index (κ3) is 4.95. The Morgan fingerprint density at radius 1 is 1.10 bits per heavy atom. The number of hydrogen-bond donors (Lipinski definition) is 1. The number of para-hydroxylation sites is 1. The lowest BCUT2D eigenvalue weighted by molar-refractivity contribution is 0.573. The molecule has 154 valence electrons. The SMILES string of the molecule is CCN(c1ccccc1)S(=O)(=O)c1ccc(NCCCn2nc(C)cc2C)nc1. The molecule has 3 rings (SSSR count). The second-order valence-electron chi connectivity index (χ2n) is 6.82. The quantitative estimate of drug-likeness (QED) is 0.542. The van der Waals surface area contributed by atoms with Crippen LogP contribution in [-0.2, 0) is 16.6 Å². The molecule has 0 saturated carbocycles. The molecule has 8 heteroatoms. The third-order valence-corrected chi connectivity index (χ3v) is 6.50. The molecule has 7 nitrogen and oxygen atoms in total. The molecule has 1 aromatic carbocycles. The molecule has 0 aliphatic carbocycles. The van der Waals surface area contributed by atoms with Gasteiger partial charge in [0.1, 0.15) is 10.7 Å². The van der Waals surface area contributed by atoms with Crippen LogP contribution < -0.4 is 9.62 Å². The highest BCUT2D eigenvalue weighted by Gasteiger charge is 2.23. The molecule has 0 bridgehead atoms. The van der Waals surface area contributed by atoms with Crippen molar-refractivity contribution in [2.45, 2.75) is 38.6 Å². The van der Waals surface area contributed by atoms with E-state index in [1.165, 1.54) is 10.5 Å². The van der Waals surface area contributed by atoms with E-state index in [0.717, 1.165) is 30.9 Å². The van der Waals surface area contributed by atoms with Crippen LogP contribution in [0.3, 0.4) is 0 Å². The summed E-state index contributed by atoms with van der Waals surface area (Å²) < 4.78 is 29.3. The summed E-state index contributed by atoms with van der Waals surface area (Å²) in [6, 6.07) is 14.4. The van der Waals surface area contributed by atoms with Gasteiger partial charge in [0.15, 0.2) is 0 Å². The van der Waals surface area contributed by atoms with E-state index < -0.39 is 10.0 Å². The summed E-state index contributed by atoms with van der Waals surface area (Å²) in [5.74, 6) is 0.653. The maximum absolute atomic E-state index is 13.0. The third-order valence-electron chi connectivity index (χ3n) is 4.61. The number of aromatic nitrogens is 3. The van der Waals surface area contributed by atoms with E-state index in [1.807, 2.05) is 43.7 Å². The molecule has 0 aliphatic rings. The number of benzene rings is 1. The number of anilines is 2. The van der Waals surface area contributed by atoms with Gasteiger partial charge in [-0.1, -0.05) is 18.2 Å². The number of nitrogens with zero attached hydrogens (tertiary/aromatic N) is 4. The maximum atomic E-state index is 13.0. The summed E-state index contributed by atoms with van der Waals surface area (Å²) in [6.07, 6.45) is 2.30. The standard InChI is InChI=1S/C21H27N5O2S/c1-4-26(19-9-6-5-7-10-19)29(27,28)20-11-12-21(23-16-20)22-13-8-14-25-18(3)15-17(2)24-25/h5-7,9-12,15-16H,4,8,13-14H2,1-3H3,(H,22,23). The molecule has 0 atom stereocenters. The Labute approximate surface area is 172 Å². The molecule has 0 spiro atoms. The fourth-order valence-corrected chi connectivity index (χ4v) is 4.62. The monoisotopic (exact) mass is 413 g/mol. The summed E-state index contributed by atoms with van der Waals surface area (Å²) in [5.41, 5.74) is 2.81. The smallest absolute Gasteiger partial charge is 0.265 e. The molecule has 3 aromatic rings. The van der Waals surface area contributed by atoms with Gasteiger partial charge in [-0.15, -0.1) is 0 Å². The molecular weight excluding hydrogens is 386 g/mol. The molecule has 0 saturated heterocycles. The Hall–Kier alpha value is -2.87. The first-order chi connectivity index (χ1) is 13.9. The molecule has 0 fully saturated rings. The second kappa shape index (κ2) is 9.09. The van der Waals surface area contributed by atoms with Crippen molar-refractivity contribution in [2.24, 2.45) is 0 Å². The lowest BCUT2D eigenvalue weighted by Crippen LogP contribution is -2.30. The van der Waals surface area contributed by atoms with Gasteiger partial charge in [0, 0.05) is 31.5 Å². The molecule has 0 unspecified atom stereocenters. The van der Waals surface area contributed by atoms with Crippen LogP contribution in [0.5, 0.6) is 0 Å². The van der Waals surface area contributed by atoms with Gasteiger partial charge in [0.2, 0.25) is 0 Å². The second-order valence-corrected chi connectivity index (χ2v) is 8.68. The highest BCUT2D eigenvalue weighted by molar-refractivity contribution is 7.92. The normalized spacial score (nSPS) is 11.4. The zero-order valence-electron chi connectivity index (χ0n) is 17.0. The lowest BCUT2D eigenvalue weighted by Gasteiger charge is -2.22. The Morgan fingerprint density at radius 2 is 1.86 bits per heavy atom. The molecule has 0 radical (unpaired) electrons. The van der Waals surface area contributed by atoms with Crippen LogP contribution in [-0.4, -0.2) is 36.3 Å². The van der Waals surface area contributed by atoms with Crippen molar-refractivity contribution in [1.29, 1.82) is 0 Å². The van der Waals surface area contributed by atoms with Crippen molar-refractivity contribution >= 4 is 21.5 Å². The summed E-state index contributed by atoms with van der Waals surface area (Å²) in [5, 5.41) is 7.68. The fourth-order valence-electron chi connectivity index (χ4n) is 3.20. The molecule has 0 amide bonds. The average molecular weight is 414 g/mol. The molecular formula is C21H27N5O2S. The van der Waals surface area contributed by atoms with E-state index in [-0.39, 0.29) is 4.90 Å². The zero-order valence-corrected chi connectivity index (χ0v) is 17.9. The van der Waals surface area contributed by atoms with Gasteiger partial charge in [0.25, 0.3) is 10.0 Å². The molecule has 29 heavy (non-hydrogen) atoms. The zero-order chi connectivity index (χ0) is 20.9. The minimum absolute atomic E-state index is 0.177.